The Balaban J connectivity index is 1.46. The Labute approximate surface area is 163 Å². The van der Waals surface area contributed by atoms with Gasteiger partial charge < -0.3 is 0 Å². The van der Waals surface area contributed by atoms with Crippen molar-refractivity contribution in [3.05, 3.63) is 35.9 Å². The maximum Gasteiger partial charge on any atom is 0.142 e. The van der Waals surface area contributed by atoms with Crippen molar-refractivity contribution >= 4 is 5.57 Å². The monoisotopic (exact) mass is 367 g/mol. The van der Waals surface area contributed by atoms with E-state index in [1.807, 2.05) is 6.20 Å². The third kappa shape index (κ3) is 2.51. The summed E-state index contributed by atoms with van der Waals surface area (Å²) < 4.78 is 13.8. The summed E-state index contributed by atoms with van der Waals surface area (Å²) in [5.41, 5.74) is 3.16. The zero-order chi connectivity index (χ0) is 18.8. The molecule has 0 amide bonds. The maximum absolute atomic E-state index is 13.8. The van der Waals surface area contributed by atoms with E-state index in [1.54, 1.807) is 6.07 Å². The second kappa shape index (κ2) is 6.16. The normalized spacial score (nSPS) is 46.2. The summed E-state index contributed by atoms with van der Waals surface area (Å²) in [5, 5.41) is 0. The van der Waals surface area contributed by atoms with Gasteiger partial charge in [0.05, 0.1) is 6.20 Å². The molecule has 1 aromatic heterocycles. The highest BCUT2D eigenvalue weighted by atomic mass is 19.1. The first kappa shape index (κ1) is 17.9. The van der Waals surface area contributed by atoms with Crippen LogP contribution in [-0.2, 0) is 0 Å². The van der Waals surface area contributed by atoms with E-state index in [0.717, 1.165) is 35.2 Å². The number of nitrogens with zero attached hydrogens (tertiary/aromatic N) is 1. The lowest BCUT2D eigenvalue weighted by Crippen LogP contribution is -2.53. The van der Waals surface area contributed by atoms with Gasteiger partial charge in [0.15, 0.2) is 0 Å². The molecule has 0 aliphatic heterocycles. The second-order valence-electron chi connectivity index (χ2n) is 10.6. The summed E-state index contributed by atoms with van der Waals surface area (Å²) in [6.45, 7) is 7.63. The minimum Gasteiger partial charge on any atom is -0.261 e. The van der Waals surface area contributed by atoms with Crippen LogP contribution in [0.15, 0.2) is 24.5 Å². The van der Waals surface area contributed by atoms with Gasteiger partial charge in [0, 0.05) is 6.20 Å². The van der Waals surface area contributed by atoms with E-state index in [4.69, 9.17) is 0 Å². The molecule has 0 bridgehead atoms. The summed E-state index contributed by atoms with van der Waals surface area (Å²) >= 11 is 0. The molecule has 27 heavy (non-hydrogen) atoms. The smallest absolute Gasteiger partial charge is 0.142 e. The molecule has 146 valence electrons. The molecule has 7 atom stereocenters. The highest BCUT2D eigenvalue weighted by molar-refractivity contribution is 5.72. The predicted molar refractivity (Wildman–Crippen MR) is 108 cm³/mol. The Morgan fingerprint density at radius 2 is 1.85 bits per heavy atom. The summed E-state index contributed by atoms with van der Waals surface area (Å²) in [6.07, 6.45) is 16.6. The van der Waals surface area contributed by atoms with E-state index in [2.05, 4.69) is 31.8 Å². The van der Waals surface area contributed by atoms with Crippen molar-refractivity contribution in [2.24, 2.45) is 40.4 Å². The maximum atomic E-state index is 13.8. The molecule has 5 rings (SSSR count). The number of hydrogen-bond acceptors (Lipinski definition) is 1. The van der Waals surface area contributed by atoms with E-state index >= 15 is 0 Å². The third-order valence-electron chi connectivity index (χ3n) is 9.60. The number of rotatable bonds is 1. The Morgan fingerprint density at radius 1 is 1.00 bits per heavy atom. The Bertz CT molecular complexity index is 769. The first-order valence-electron chi connectivity index (χ1n) is 11.2. The van der Waals surface area contributed by atoms with Crippen molar-refractivity contribution in [3.8, 4) is 0 Å². The molecule has 3 fully saturated rings. The minimum atomic E-state index is -0.210. The van der Waals surface area contributed by atoms with Gasteiger partial charge in [-0.25, -0.2) is 4.39 Å². The second-order valence-corrected chi connectivity index (χ2v) is 10.6. The molecule has 4 aliphatic rings. The van der Waals surface area contributed by atoms with Crippen LogP contribution in [0.2, 0.25) is 0 Å². The van der Waals surface area contributed by atoms with Crippen LogP contribution in [0.5, 0.6) is 0 Å². The molecular formula is C25H34FN. The number of halogens is 1. The van der Waals surface area contributed by atoms with Gasteiger partial charge in [-0.1, -0.05) is 39.7 Å². The highest BCUT2D eigenvalue weighted by Gasteiger charge is 2.58. The van der Waals surface area contributed by atoms with Gasteiger partial charge in [0.2, 0.25) is 0 Å². The molecule has 0 saturated heterocycles. The van der Waals surface area contributed by atoms with Gasteiger partial charge in [-0.15, -0.1) is 0 Å². The molecule has 0 radical (unpaired) electrons. The van der Waals surface area contributed by atoms with Crippen LogP contribution in [-0.4, -0.2) is 4.98 Å². The van der Waals surface area contributed by atoms with Crippen molar-refractivity contribution in [1.82, 2.24) is 4.98 Å². The number of fused-ring (bicyclic) bond motifs is 5. The molecule has 0 aromatic carbocycles. The zero-order valence-corrected chi connectivity index (χ0v) is 17.2. The van der Waals surface area contributed by atoms with Crippen LogP contribution < -0.4 is 0 Å². The molecule has 0 N–H and O–H groups in total. The third-order valence-corrected chi connectivity index (χ3v) is 9.60. The molecule has 0 spiro atoms. The van der Waals surface area contributed by atoms with Crippen molar-refractivity contribution in [3.63, 3.8) is 0 Å². The van der Waals surface area contributed by atoms with Gasteiger partial charge in [-0.05, 0) is 96.1 Å². The van der Waals surface area contributed by atoms with Crippen LogP contribution in [0, 0.1) is 46.2 Å². The molecular weight excluding hydrogens is 333 g/mol. The van der Waals surface area contributed by atoms with Crippen LogP contribution in [0.1, 0.15) is 77.7 Å². The largest absolute Gasteiger partial charge is 0.261 e. The fourth-order valence-corrected chi connectivity index (χ4v) is 8.37. The molecule has 1 heterocycles. The predicted octanol–water partition coefficient (Wildman–Crippen LogP) is 6.89. The van der Waals surface area contributed by atoms with Gasteiger partial charge in [0.25, 0.3) is 0 Å². The van der Waals surface area contributed by atoms with E-state index in [0.29, 0.717) is 5.41 Å². The van der Waals surface area contributed by atoms with Crippen molar-refractivity contribution < 1.29 is 4.39 Å². The summed E-state index contributed by atoms with van der Waals surface area (Å²) in [6, 6.07) is 1.69. The van der Waals surface area contributed by atoms with Crippen LogP contribution in [0.25, 0.3) is 5.57 Å². The van der Waals surface area contributed by atoms with E-state index in [-0.39, 0.29) is 11.2 Å². The van der Waals surface area contributed by atoms with Crippen LogP contribution in [0.3, 0.4) is 0 Å². The summed E-state index contributed by atoms with van der Waals surface area (Å²) in [4.78, 5) is 4.14. The van der Waals surface area contributed by atoms with E-state index < -0.39 is 0 Å². The number of allylic oxidation sites excluding steroid dienone is 2. The Morgan fingerprint density at radius 3 is 2.67 bits per heavy atom. The Kier molecular flexibility index (Phi) is 4.08. The molecule has 2 heteroatoms. The number of pyridine rings is 1. The first-order valence-corrected chi connectivity index (χ1v) is 11.2. The summed E-state index contributed by atoms with van der Waals surface area (Å²) in [5.74, 6) is 4.13. The average Bonchev–Trinajstić information content (AvgIpc) is 2.99. The van der Waals surface area contributed by atoms with Gasteiger partial charge in [0.1, 0.15) is 5.82 Å². The number of hydrogen-bond donors (Lipinski definition) is 0. The van der Waals surface area contributed by atoms with Crippen molar-refractivity contribution in [1.29, 1.82) is 0 Å². The minimum absolute atomic E-state index is 0.208. The van der Waals surface area contributed by atoms with Gasteiger partial charge >= 0.3 is 0 Å². The fraction of sp³-hybridized carbons (Fsp3) is 0.720. The summed E-state index contributed by atoms with van der Waals surface area (Å²) in [7, 11) is 0. The average molecular weight is 368 g/mol. The fourth-order valence-electron chi connectivity index (χ4n) is 8.37. The Hall–Kier alpha value is -1.18. The van der Waals surface area contributed by atoms with Gasteiger partial charge in [-0.2, -0.15) is 0 Å². The molecule has 3 saturated carbocycles. The number of aromatic nitrogens is 1. The van der Waals surface area contributed by atoms with E-state index in [9.17, 15) is 4.39 Å². The molecule has 4 aliphatic carbocycles. The quantitative estimate of drug-likeness (QED) is 0.526. The topological polar surface area (TPSA) is 12.9 Å². The SMILES string of the molecule is CC1CCCC2(C)C1CCC1C3CC=C(c4cncc(F)c4)C3(C)CCC12. The van der Waals surface area contributed by atoms with Crippen molar-refractivity contribution in [2.45, 2.75) is 72.1 Å². The van der Waals surface area contributed by atoms with Crippen LogP contribution in [0.4, 0.5) is 4.39 Å². The first-order chi connectivity index (χ1) is 12.9. The van der Waals surface area contributed by atoms with E-state index in [1.165, 1.54) is 63.1 Å². The lowest BCUT2D eigenvalue weighted by Gasteiger charge is -2.61. The highest BCUT2D eigenvalue weighted by Crippen LogP contribution is 2.68. The van der Waals surface area contributed by atoms with Crippen LogP contribution >= 0.6 is 0 Å². The zero-order valence-electron chi connectivity index (χ0n) is 17.2. The lowest BCUT2D eigenvalue weighted by molar-refractivity contribution is -0.111. The standard InChI is InChI=1S/C25H34FN/c1-16-5-4-11-24(2)20(16)7-6-19-22-9-8-21(17-13-18(26)15-27-14-17)25(22,3)12-10-23(19)24/h8,13-16,19-20,22-23H,4-7,9-12H2,1-3H3. The molecule has 1 nitrogen and oxygen atoms in total. The van der Waals surface area contributed by atoms with Gasteiger partial charge in [-0.3, -0.25) is 4.98 Å². The molecule has 7 unspecified atom stereocenters. The van der Waals surface area contributed by atoms with Crippen molar-refractivity contribution in [2.75, 3.05) is 0 Å². The molecule has 1 aromatic rings. The lowest BCUT2D eigenvalue weighted by atomic mass is 9.43.